The van der Waals surface area contributed by atoms with E-state index < -0.39 is 10.9 Å². The molecule has 2 N–H and O–H groups in total. The van der Waals surface area contributed by atoms with Gasteiger partial charge in [-0.2, -0.15) is 0 Å². The first-order valence-corrected chi connectivity index (χ1v) is 7.94. The molecular formula is C20H16N2O4. The molecule has 0 amide bonds. The van der Waals surface area contributed by atoms with Gasteiger partial charge in [0, 0.05) is 12.6 Å². The van der Waals surface area contributed by atoms with E-state index in [1.807, 2.05) is 30.3 Å². The number of carbonyl (C=O) groups is 1. The Hall–Kier alpha value is -3.67. The molecule has 0 saturated carbocycles. The highest BCUT2D eigenvalue weighted by Crippen LogP contribution is 2.31. The molecule has 0 unspecified atom stereocenters. The van der Waals surface area contributed by atoms with Gasteiger partial charge < -0.3 is 10.4 Å². The normalized spacial score (nSPS) is 10.3. The molecule has 0 aliphatic carbocycles. The third-order valence-corrected chi connectivity index (χ3v) is 3.98. The second-order valence-electron chi connectivity index (χ2n) is 5.71. The molecule has 0 atom stereocenters. The molecule has 0 saturated heterocycles. The summed E-state index contributed by atoms with van der Waals surface area (Å²) < 4.78 is 0. The topological polar surface area (TPSA) is 92.5 Å². The van der Waals surface area contributed by atoms with Crippen molar-refractivity contribution in [1.29, 1.82) is 0 Å². The molecule has 0 aromatic heterocycles. The van der Waals surface area contributed by atoms with Gasteiger partial charge >= 0.3 is 5.97 Å². The second kappa shape index (κ2) is 7.48. The van der Waals surface area contributed by atoms with E-state index in [0.717, 1.165) is 16.7 Å². The van der Waals surface area contributed by atoms with Crippen LogP contribution in [0.25, 0.3) is 11.1 Å². The third-order valence-electron chi connectivity index (χ3n) is 3.98. The molecule has 6 heteroatoms. The highest BCUT2D eigenvalue weighted by atomic mass is 16.6. The summed E-state index contributed by atoms with van der Waals surface area (Å²) in [6.07, 6.45) is 0. The number of nitro benzene ring substituents is 1. The van der Waals surface area contributed by atoms with Crippen LogP contribution in [0.2, 0.25) is 0 Å². The van der Waals surface area contributed by atoms with E-state index in [4.69, 9.17) is 5.11 Å². The lowest BCUT2D eigenvalue weighted by Crippen LogP contribution is -2.03. The SMILES string of the molecule is O=C(O)c1ccc(-c2ccc([N+](=O)[O-])c(NCc3ccccc3)c2)cc1. The summed E-state index contributed by atoms with van der Waals surface area (Å²) in [6, 6.07) is 20.8. The van der Waals surface area contributed by atoms with Crippen LogP contribution in [0.1, 0.15) is 15.9 Å². The predicted octanol–water partition coefficient (Wildman–Crippen LogP) is 4.57. The number of aromatic carboxylic acids is 1. The van der Waals surface area contributed by atoms with Crippen LogP contribution in [0.4, 0.5) is 11.4 Å². The standard InChI is InChI=1S/C20H16N2O4/c23-20(24)16-8-6-15(7-9-16)17-10-11-19(22(25)26)18(12-17)21-13-14-4-2-1-3-5-14/h1-12,21H,13H2,(H,23,24). The fourth-order valence-corrected chi connectivity index (χ4v) is 2.61. The maximum absolute atomic E-state index is 11.3. The van der Waals surface area contributed by atoms with Crippen LogP contribution >= 0.6 is 0 Å². The van der Waals surface area contributed by atoms with E-state index in [9.17, 15) is 14.9 Å². The Bertz CT molecular complexity index is 938. The van der Waals surface area contributed by atoms with Gasteiger partial charge in [0.25, 0.3) is 5.69 Å². The van der Waals surface area contributed by atoms with Crippen molar-refractivity contribution in [2.75, 3.05) is 5.32 Å². The molecule has 3 aromatic rings. The van der Waals surface area contributed by atoms with Crippen molar-refractivity contribution in [2.24, 2.45) is 0 Å². The van der Waals surface area contributed by atoms with Crippen molar-refractivity contribution in [3.05, 3.63) is 94.0 Å². The maximum atomic E-state index is 11.3. The second-order valence-corrected chi connectivity index (χ2v) is 5.71. The van der Waals surface area contributed by atoms with Crippen molar-refractivity contribution in [3.8, 4) is 11.1 Å². The lowest BCUT2D eigenvalue weighted by Gasteiger charge is -2.10. The van der Waals surface area contributed by atoms with E-state index in [-0.39, 0.29) is 11.3 Å². The van der Waals surface area contributed by atoms with Crippen molar-refractivity contribution in [3.63, 3.8) is 0 Å². The average molecular weight is 348 g/mol. The van der Waals surface area contributed by atoms with Crippen LogP contribution in [0.5, 0.6) is 0 Å². The summed E-state index contributed by atoms with van der Waals surface area (Å²) in [6.45, 7) is 0.461. The van der Waals surface area contributed by atoms with E-state index in [0.29, 0.717) is 12.2 Å². The average Bonchev–Trinajstić information content (AvgIpc) is 2.67. The Kier molecular flexibility index (Phi) is 4.94. The van der Waals surface area contributed by atoms with Gasteiger partial charge in [-0.15, -0.1) is 0 Å². The van der Waals surface area contributed by atoms with Gasteiger partial charge in [-0.25, -0.2) is 4.79 Å². The van der Waals surface area contributed by atoms with Crippen molar-refractivity contribution < 1.29 is 14.8 Å². The summed E-state index contributed by atoms with van der Waals surface area (Å²) in [5, 5.41) is 23.4. The number of anilines is 1. The van der Waals surface area contributed by atoms with Crippen LogP contribution in [-0.2, 0) is 6.54 Å². The quantitative estimate of drug-likeness (QED) is 0.503. The van der Waals surface area contributed by atoms with Gasteiger partial charge in [-0.05, 0) is 41.0 Å². The summed E-state index contributed by atoms with van der Waals surface area (Å²) in [5.74, 6) is -0.995. The molecule has 3 rings (SSSR count). The molecule has 0 radical (unpaired) electrons. The number of benzene rings is 3. The lowest BCUT2D eigenvalue weighted by molar-refractivity contribution is -0.384. The van der Waals surface area contributed by atoms with Gasteiger partial charge in [0.15, 0.2) is 0 Å². The molecule has 0 heterocycles. The molecule has 0 fully saturated rings. The number of hydrogen-bond donors (Lipinski definition) is 2. The Labute approximate surface area is 149 Å². The van der Waals surface area contributed by atoms with Crippen LogP contribution < -0.4 is 5.32 Å². The Morgan fingerprint density at radius 3 is 2.23 bits per heavy atom. The van der Waals surface area contributed by atoms with E-state index >= 15 is 0 Å². The van der Waals surface area contributed by atoms with Gasteiger partial charge in [-0.1, -0.05) is 42.5 Å². The van der Waals surface area contributed by atoms with Gasteiger partial charge in [0.1, 0.15) is 5.69 Å². The lowest BCUT2D eigenvalue weighted by atomic mass is 10.0. The zero-order valence-corrected chi connectivity index (χ0v) is 13.8. The minimum absolute atomic E-state index is 0.00756. The largest absolute Gasteiger partial charge is 0.478 e. The molecule has 3 aromatic carbocycles. The highest BCUT2D eigenvalue weighted by Gasteiger charge is 2.15. The number of rotatable bonds is 6. The molecular weight excluding hydrogens is 332 g/mol. The monoisotopic (exact) mass is 348 g/mol. The summed E-state index contributed by atoms with van der Waals surface area (Å²) in [7, 11) is 0. The maximum Gasteiger partial charge on any atom is 0.335 e. The Balaban J connectivity index is 1.90. The van der Waals surface area contributed by atoms with Crippen LogP contribution in [0, 0.1) is 10.1 Å². The van der Waals surface area contributed by atoms with Gasteiger partial charge in [0.05, 0.1) is 10.5 Å². The number of nitro groups is 1. The fourth-order valence-electron chi connectivity index (χ4n) is 2.61. The van der Waals surface area contributed by atoms with E-state index in [1.54, 1.807) is 24.3 Å². The van der Waals surface area contributed by atoms with Gasteiger partial charge in [0.2, 0.25) is 0 Å². The summed E-state index contributed by atoms with van der Waals surface area (Å²) in [5.41, 5.74) is 3.16. The molecule has 130 valence electrons. The molecule has 0 spiro atoms. The van der Waals surface area contributed by atoms with Crippen molar-refractivity contribution in [1.82, 2.24) is 0 Å². The first-order chi connectivity index (χ1) is 12.5. The fraction of sp³-hybridized carbons (Fsp3) is 0.0500. The first kappa shape index (κ1) is 17.2. The summed E-state index contributed by atoms with van der Waals surface area (Å²) >= 11 is 0. The van der Waals surface area contributed by atoms with Crippen molar-refractivity contribution in [2.45, 2.75) is 6.54 Å². The highest BCUT2D eigenvalue weighted by molar-refractivity contribution is 5.88. The number of carboxylic acids is 1. The summed E-state index contributed by atoms with van der Waals surface area (Å²) in [4.78, 5) is 21.8. The molecule has 26 heavy (non-hydrogen) atoms. The molecule has 0 aliphatic rings. The van der Waals surface area contributed by atoms with Crippen LogP contribution in [0.3, 0.4) is 0 Å². The minimum atomic E-state index is -0.995. The molecule has 0 bridgehead atoms. The Morgan fingerprint density at radius 2 is 1.62 bits per heavy atom. The van der Waals surface area contributed by atoms with E-state index in [1.165, 1.54) is 18.2 Å². The van der Waals surface area contributed by atoms with Gasteiger partial charge in [-0.3, -0.25) is 10.1 Å². The smallest absolute Gasteiger partial charge is 0.335 e. The number of carboxylic acid groups (broad SMARTS) is 1. The number of hydrogen-bond acceptors (Lipinski definition) is 4. The molecule has 6 nitrogen and oxygen atoms in total. The zero-order valence-electron chi connectivity index (χ0n) is 13.8. The predicted molar refractivity (Wildman–Crippen MR) is 99.3 cm³/mol. The zero-order chi connectivity index (χ0) is 18.5. The first-order valence-electron chi connectivity index (χ1n) is 7.94. The Morgan fingerprint density at radius 1 is 0.962 bits per heavy atom. The third kappa shape index (κ3) is 3.87. The van der Waals surface area contributed by atoms with Crippen LogP contribution in [-0.4, -0.2) is 16.0 Å². The minimum Gasteiger partial charge on any atom is -0.478 e. The number of nitrogens with one attached hydrogen (secondary N) is 1. The molecule has 0 aliphatic heterocycles. The number of nitrogens with zero attached hydrogens (tertiary/aromatic N) is 1. The van der Waals surface area contributed by atoms with Crippen molar-refractivity contribution >= 4 is 17.3 Å². The van der Waals surface area contributed by atoms with Crippen LogP contribution in [0.15, 0.2) is 72.8 Å². The van der Waals surface area contributed by atoms with E-state index in [2.05, 4.69) is 5.32 Å².